The summed E-state index contributed by atoms with van der Waals surface area (Å²) in [5.41, 5.74) is 8.70. The second-order valence-corrected chi connectivity index (χ2v) is 9.65. The highest BCUT2D eigenvalue weighted by atomic mass is 16.3. The number of nitrogens with zero attached hydrogens (tertiary/aromatic N) is 3. The van der Waals surface area contributed by atoms with Crippen LogP contribution < -0.4 is 0 Å². The molecule has 0 radical (unpaired) electrons. The van der Waals surface area contributed by atoms with Crippen molar-refractivity contribution >= 4 is 43.7 Å². The molecule has 2 heterocycles. The Hall–Kier alpha value is -5.35. The summed E-state index contributed by atoms with van der Waals surface area (Å²) in [6.07, 6.45) is 1.89. The summed E-state index contributed by atoms with van der Waals surface area (Å²) in [4.78, 5) is 14.4. The van der Waals surface area contributed by atoms with Crippen LogP contribution in [0.2, 0.25) is 0 Å². The molecule has 2 aromatic heterocycles. The Morgan fingerprint density at radius 3 is 1.64 bits per heavy atom. The van der Waals surface area contributed by atoms with Gasteiger partial charge in [-0.1, -0.05) is 84.9 Å². The van der Waals surface area contributed by atoms with Gasteiger partial charge < -0.3 is 4.42 Å². The van der Waals surface area contributed by atoms with Gasteiger partial charge in [-0.3, -0.25) is 4.98 Å². The van der Waals surface area contributed by atoms with Crippen LogP contribution in [-0.4, -0.2) is 15.0 Å². The summed E-state index contributed by atoms with van der Waals surface area (Å²) < 4.78 is 6.01. The largest absolute Gasteiger partial charge is 0.436 e. The fraction of sp³-hybridized carbons (Fsp3) is 0. The molecule has 4 nitrogen and oxygen atoms in total. The van der Waals surface area contributed by atoms with Gasteiger partial charge in [0.2, 0.25) is 5.89 Å². The molecule has 0 fully saturated rings. The smallest absolute Gasteiger partial charge is 0.227 e. The molecule has 39 heavy (non-hydrogen) atoms. The number of para-hydroxylation sites is 4. The summed E-state index contributed by atoms with van der Waals surface area (Å²) in [5.74, 6) is 0.627. The van der Waals surface area contributed by atoms with Crippen LogP contribution >= 0.6 is 0 Å². The Bertz CT molecular complexity index is 2090. The van der Waals surface area contributed by atoms with Gasteiger partial charge in [-0.15, -0.1) is 0 Å². The van der Waals surface area contributed by atoms with E-state index in [2.05, 4.69) is 77.8 Å². The minimum Gasteiger partial charge on any atom is -0.436 e. The van der Waals surface area contributed by atoms with E-state index in [1.807, 2.05) is 54.7 Å². The standard InChI is InChI=1S/C35H21N3O/c1-3-11-26-24(9-1)33(22-17-19-23(20-18-22)35-38-30-15-7-8-16-32(30)39-35)25-10-2-4-12-27(25)34(26)31-21-36-28-13-5-6-14-29(28)37-31/h1-21H. The second kappa shape index (κ2) is 8.61. The average molecular weight is 500 g/mol. The Morgan fingerprint density at radius 2 is 0.974 bits per heavy atom. The predicted octanol–water partition coefficient (Wildman–Crippen LogP) is 9.08. The van der Waals surface area contributed by atoms with Crippen molar-refractivity contribution in [2.45, 2.75) is 0 Å². The van der Waals surface area contributed by atoms with Crippen molar-refractivity contribution in [3.8, 4) is 33.8 Å². The molecule has 0 saturated heterocycles. The molecule has 0 saturated carbocycles. The lowest BCUT2D eigenvalue weighted by atomic mass is 9.87. The van der Waals surface area contributed by atoms with Crippen LogP contribution in [0.5, 0.6) is 0 Å². The van der Waals surface area contributed by atoms with Gasteiger partial charge >= 0.3 is 0 Å². The van der Waals surface area contributed by atoms with E-state index in [4.69, 9.17) is 14.4 Å². The summed E-state index contributed by atoms with van der Waals surface area (Å²) in [6, 6.07) is 41.5. The van der Waals surface area contributed by atoms with Crippen LogP contribution in [0.15, 0.2) is 132 Å². The number of benzene rings is 6. The summed E-state index contributed by atoms with van der Waals surface area (Å²) in [5, 5.41) is 4.66. The van der Waals surface area contributed by atoms with E-state index in [9.17, 15) is 0 Å². The molecule has 0 spiro atoms. The maximum atomic E-state index is 6.01. The van der Waals surface area contributed by atoms with Crippen molar-refractivity contribution in [1.29, 1.82) is 0 Å². The molecule has 6 aromatic carbocycles. The molecule has 0 aliphatic carbocycles. The zero-order chi connectivity index (χ0) is 25.8. The van der Waals surface area contributed by atoms with Crippen molar-refractivity contribution in [2.75, 3.05) is 0 Å². The van der Waals surface area contributed by atoms with E-state index in [1.54, 1.807) is 0 Å². The maximum absolute atomic E-state index is 6.01. The van der Waals surface area contributed by atoms with Gasteiger partial charge in [0, 0.05) is 11.1 Å². The third kappa shape index (κ3) is 3.50. The molecule has 0 N–H and O–H groups in total. The molecule has 0 amide bonds. The third-order valence-corrected chi connectivity index (χ3v) is 7.35. The number of hydrogen-bond donors (Lipinski definition) is 0. The van der Waals surface area contributed by atoms with Crippen molar-refractivity contribution in [3.05, 3.63) is 128 Å². The quantitative estimate of drug-likeness (QED) is 0.228. The van der Waals surface area contributed by atoms with Crippen LogP contribution in [-0.2, 0) is 0 Å². The highest BCUT2D eigenvalue weighted by Gasteiger charge is 2.18. The van der Waals surface area contributed by atoms with E-state index < -0.39 is 0 Å². The number of rotatable bonds is 3. The lowest BCUT2D eigenvalue weighted by Crippen LogP contribution is -1.94. The molecule has 0 unspecified atom stereocenters. The maximum Gasteiger partial charge on any atom is 0.227 e. The lowest BCUT2D eigenvalue weighted by Gasteiger charge is -2.17. The fourth-order valence-electron chi connectivity index (χ4n) is 5.57. The Balaban J connectivity index is 1.35. The minimum atomic E-state index is 0.627. The summed E-state index contributed by atoms with van der Waals surface area (Å²) >= 11 is 0. The highest BCUT2D eigenvalue weighted by Crippen LogP contribution is 2.43. The molecule has 182 valence electrons. The Kier molecular flexibility index (Phi) is 4.79. The SMILES string of the molecule is c1ccc2nc(-c3c4ccccc4c(-c4ccc(-c5nc6ccccc6o5)cc4)c4ccccc34)cnc2c1. The minimum absolute atomic E-state index is 0.627. The normalized spacial score (nSPS) is 11.6. The topological polar surface area (TPSA) is 51.8 Å². The average Bonchev–Trinajstić information content (AvgIpc) is 3.44. The molecule has 0 atom stereocenters. The van der Waals surface area contributed by atoms with Crippen LogP contribution in [0.25, 0.3) is 77.5 Å². The van der Waals surface area contributed by atoms with Crippen LogP contribution in [0.3, 0.4) is 0 Å². The first-order chi connectivity index (χ1) is 19.3. The zero-order valence-corrected chi connectivity index (χ0v) is 20.9. The third-order valence-electron chi connectivity index (χ3n) is 7.35. The van der Waals surface area contributed by atoms with E-state index in [1.165, 1.54) is 16.3 Å². The van der Waals surface area contributed by atoms with Crippen LogP contribution in [0, 0.1) is 0 Å². The van der Waals surface area contributed by atoms with Gasteiger partial charge in [-0.05, 0) is 69.1 Å². The fourth-order valence-corrected chi connectivity index (χ4v) is 5.57. The second-order valence-electron chi connectivity index (χ2n) is 9.65. The van der Waals surface area contributed by atoms with Gasteiger partial charge in [-0.25, -0.2) is 9.97 Å². The molecule has 8 rings (SSSR count). The predicted molar refractivity (Wildman–Crippen MR) is 158 cm³/mol. The van der Waals surface area contributed by atoms with Gasteiger partial charge in [0.15, 0.2) is 5.58 Å². The first-order valence-electron chi connectivity index (χ1n) is 13.0. The van der Waals surface area contributed by atoms with Crippen molar-refractivity contribution in [3.63, 3.8) is 0 Å². The lowest BCUT2D eigenvalue weighted by molar-refractivity contribution is 0.620. The molecule has 0 bridgehead atoms. The van der Waals surface area contributed by atoms with Crippen molar-refractivity contribution < 1.29 is 4.42 Å². The van der Waals surface area contributed by atoms with Crippen LogP contribution in [0.1, 0.15) is 0 Å². The molecular formula is C35H21N3O. The Morgan fingerprint density at radius 1 is 0.436 bits per heavy atom. The molecule has 4 heteroatoms. The first kappa shape index (κ1) is 21.7. The Labute approximate surface area is 224 Å². The number of fused-ring (bicyclic) bond motifs is 4. The molecule has 8 aromatic rings. The van der Waals surface area contributed by atoms with E-state index in [-0.39, 0.29) is 0 Å². The number of oxazole rings is 1. The van der Waals surface area contributed by atoms with Crippen molar-refractivity contribution in [2.24, 2.45) is 0 Å². The summed E-state index contributed by atoms with van der Waals surface area (Å²) in [7, 11) is 0. The van der Waals surface area contributed by atoms with Gasteiger partial charge in [-0.2, -0.15) is 0 Å². The van der Waals surface area contributed by atoms with E-state index in [0.717, 1.165) is 55.3 Å². The number of aromatic nitrogens is 3. The van der Waals surface area contributed by atoms with E-state index >= 15 is 0 Å². The van der Waals surface area contributed by atoms with Gasteiger partial charge in [0.1, 0.15) is 5.52 Å². The summed E-state index contributed by atoms with van der Waals surface area (Å²) in [6.45, 7) is 0. The highest BCUT2D eigenvalue weighted by molar-refractivity contribution is 6.21. The first-order valence-corrected chi connectivity index (χ1v) is 13.0. The monoisotopic (exact) mass is 499 g/mol. The van der Waals surface area contributed by atoms with Crippen LogP contribution in [0.4, 0.5) is 0 Å². The number of hydrogen-bond acceptors (Lipinski definition) is 4. The van der Waals surface area contributed by atoms with E-state index in [0.29, 0.717) is 5.89 Å². The molecule has 0 aliphatic heterocycles. The van der Waals surface area contributed by atoms with Gasteiger partial charge in [0.05, 0.1) is 22.9 Å². The zero-order valence-electron chi connectivity index (χ0n) is 20.9. The van der Waals surface area contributed by atoms with Gasteiger partial charge in [0.25, 0.3) is 0 Å². The molecular weight excluding hydrogens is 478 g/mol. The van der Waals surface area contributed by atoms with Crippen molar-refractivity contribution in [1.82, 2.24) is 15.0 Å². The molecule has 0 aliphatic rings.